The van der Waals surface area contributed by atoms with E-state index < -0.39 is 11.9 Å². The van der Waals surface area contributed by atoms with E-state index in [2.05, 4.69) is 0 Å². The third-order valence-corrected chi connectivity index (χ3v) is 1.83. The van der Waals surface area contributed by atoms with Gasteiger partial charge in [0.15, 0.2) is 0 Å². The number of carboxylic acids is 1. The lowest BCUT2D eigenvalue weighted by molar-refractivity contribution is -0.148. The molecule has 0 rings (SSSR count). The minimum Gasteiger partial charge on any atom is -0.481 e. The van der Waals surface area contributed by atoms with Crippen LogP contribution in [-0.2, 0) is 9.53 Å². The number of carbonyl (C=O) groups is 1. The van der Waals surface area contributed by atoms with Crippen LogP contribution in [-0.4, -0.2) is 24.3 Å². The molecule has 0 aromatic heterocycles. The average molecular weight is 174 g/mol. The first-order valence-electron chi connectivity index (χ1n) is 4.20. The van der Waals surface area contributed by atoms with Gasteiger partial charge < -0.3 is 9.84 Å². The molecule has 1 N–H and O–H groups in total. The average Bonchev–Trinajstić information content (AvgIpc) is 1.84. The van der Waals surface area contributed by atoms with Gasteiger partial charge in [0.25, 0.3) is 0 Å². The minimum absolute atomic E-state index is 0.235. The van der Waals surface area contributed by atoms with Crippen molar-refractivity contribution in [3.63, 3.8) is 0 Å². The maximum atomic E-state index is 10.8. The van der Waals surface area contributed by atoms with E-state index in [1.54, 1.807) is 0 Å². The summed E-state index contributed by atoms with van der Waals surface area (Å²) < 4.78 is 5.10. The van der Waals surface area contributed by atoms with Gasteiger partial charge in [-0.1, -0.05) is 20.8 Å². The van der Waals surface area contributed by atoms with Crippen molar-refractivity contribution < 1.29 is 14.6 Å². The summed E-state index contributed by atoms with van der Waals surface area (Å²) in [5.74, 6) is -1.20. The summed E-state index contributed by atoms with van der Waals surface area (Å²) in [6.45, 7) is 8.46. The summed E-state index contributed by atoms with van der Waals surface area (Å²) in [5, 5.41) is 8.86. The van der Waals surface area contributed by atoms with Gasteiger partial charge in [-0.2, -0.15) is 0 Å². The molecule has 0 amide bonds. The van der Waals surface area contributed by atoms with Crippen molar-refractivity contribution in [2.75, 3.05) is 13.2 Å². The molecular weight excluding hydrogens is 156 g/mol. The van der Waals surface area contributed by atoms with E-state index in [0.717, 1.165) is 0 Å². The summed E-state index contributed by atoms with van der Waals surface area (Å²) >= 11 is 0. The van der Waals surface area contributed by atoms with Crippen LogP contribution in [0.4, 0.5) is 0 Å². The fourth-order valence-electron chi connectivity index (χ4n) is 0.927. The number of carboxylic acid groups (broad SMARTS) is 1. The molecule has 0 saturated carbocycles. The smallest absolute Gasteiger partial charge is 0.309 e. The molecule has 0 bridgehead atoms. The molecule has 72 valence electrons. The Labute approximate surface area is 73.7 Å². The van der Waals surface area contributed by atoms with Gasteiger partial charge in [-0.15, -0.1) is 0 Å². The van der Waals surface area contributed by atoms with E-state index in [-0.39, 0.29) is 5.41 Å². The van der Waals surface area contributed by atoms with Crippen molar-refractivity contribution in [3.8, 4) is 0 Å². The van der Waals surface area contributed by atoms with E-state index in [9.17, 15) is 4.79 Å². The van der Waals surface area contributed by atoms with Crippen LogP contribution < -0.4 is 0 Å². The highest BCUT2D eigenvalue weighted by Crippen LogP contribution is 2.26. The fourth-order valence-corrected chi connectivity index (χ4v) is 0.927. The van der Waals surface area contributed by atoms with E-state index in [1.165, 1.54) is 0 Å². The Morgan fingerprint density at radius 1 is 1.50 bits per heavy atom. The SMILES string of the molecule is CCOCC(C(=O)O)C(C)(C)C. The predicted molar refractivity (Wildman–Crippen MR) is 47.1 cm³/mol. The van der Waals surface area contributed by atoms with Crippen molar-refractivity contribution in [2.45, 2.75) is 27.7 Å². The van der Waals surface area contributed by atoms with Gasteiger partial charge in [-0.05, 0) is 12.3 Å². The van der Waals surface area contributed by atoms with Crippen LogP contribution in [0.25, 0.3) is 0 Å². The number of hydrogen-bond donors (Lipinski definition) is 1. The van der Waals surface area contributed by atoms with Gasteiger partial charge in [0.05, 0.1) is 12.5 Å². The molecular formula is C9H18O3. The topological polar surface area (TPSA) is 46.5 Å². The van der Waals surface area contributed by atoms with Crippen LogP contribution in [0.2, 0.25) is 0 Å². The molecule has 1 unspecified atom stereocenters. The van der Waals surface area contributed by atoms with Crippen LogP contribution in [0.1, 0.15) is 27.7 Å². The Bertz CT molecular complexity index is 146. The Hall–Kier alpha value is -0.570. The van der Waals surface area contributed by atoms with Crippen molar-refractivity contribution in [2.24, 2.45) is 11.3 Å². The molecule has 0 aromatic carbocycles. The van der Waals surface area contributed by atoms with Crippen LogP contribution in [0.3, 0.4) is 0 Å². The van der Waals surface area contributed by atoms with Gasteiger partial charge in [0, 0.05) is 6.61 Å². The van der Waals surface area contributed by atoms with Crippen LogP contribution >= 0.6 is 0 Å². The van der Waals surface area contributed by atoms with E-state index >= 15 is 0 Å². The fraction of sp³-hybridized carbons (Fsp3) is 0.889. The summed E-state index contributed by atoms with van der Waals surface area (Å²) in [6.07, 6.45) is 0. The van der Waals surface area contributed by atoms with Crippen LogP contribution in [0.15, 0.2) is 0 Å². The van der Waals surface area contributed by atoms with E-state index in [0.29, 0.717) is 13.2 Å². The van der Waals surface area contributed by atoms with Gasteiger partial charge in [0.1, 0.15) is 0 Å². The molecule has 3 nitrogen and oxygen atoms in total. The van der Waals surface area contributed by atoms with Gasteiger partial charge in [-0.25, -0.2) is 0 Å². The molecule has 0 heterocycles. The molecule has 0 spiro atoms. The molecule has 0 aliphatic heterocycles. The summed E-state index contributed by atoms with van der Waals surface area (Å²) in [5.41, 5.74) is -0.235. The lowest BCUT2D eigenvalue weighted by Gasteiger charge is -2.26. The number of aliphatic carboxylic acids is 1. The standard InChI is InChI=1S/C9H18O3/c1-5-12-6-7(8(10)11)9(2,3)4/h7H,5-6H2,1-4H3,(H,10,11). The maximum Gasteiger partial charge on any atom is 0.309 e. The zero-order valence-corrected chi connectivity index (χ0v) is 8.26. The Balaban J connectivity index is 4.15. The molecule has 0 fully saturated rings. The molecule has 3 heteroatoms. The second-order valence-electron chi connectivity index (χ2n) is 3.92. The Morgan fingerprint density at radius 2 is 2.00 bits per heavy atom. The highest BCUT2D eigenvalue weighted by atomic mass is 16.5. The largest absolute Gasteiger partial charge is 0.481 e. The normalized spacial score (nSPS) is 14.3. The van der Waals surface area contributed by atoms with Gasteiger partial charge in [0.2, 0.25) is 0 Å². The first-order chi connectivity index (χ1) is 5.39. The number of ether oxygens (including phenoxy) is 1. The third-order valence-electron chi connectivity index (χ3n) is 1.83. The van der Waals surface area contributed by atoms with E-state index in [1.807, 2.05) is 27.7 Å². The number of hydrogen-bond acceptors (Lipinski definition) is 2. The monoisotopic (exact) mass is 174 g/mol. The molecule has 1 atom stereocenters. The molecule has 0 aliphatic carbocycles. The van der Waals surface area contributed by atoms with E-state index in [4.69, 9.17) is 9.84 Å². The minimum atomic E-state index is -0.782. The van der Waals surface area contributed by atoms with Crippen molar-refractivity contribution >= 4 is 5.97 Å². The first-order valence-corrected chi connectivity index (χ1v) is 4.20. The van der Waals surface area contributed by atoms with Crippen molar-refractivity contribution in [1.82, 2.24) is 0 Å². The van der Waals surface area contributed by atoms with Gasteiger partial charge in [-0.3, -0.25) is 4.79 Å². The molecule has 0 saturated heterocycles. The second-order valence-corrected chi connectivity index (χ2v) is 3.92. The van der Waals surface area contributed by atoms with Crippen molar-refractivity contribution in [1.29, 1.82) is 0 Å². The molecule has 0 radical (unpaired) electrons. The lowest BCUT2D eigenvalue weighted by atomic mass is 9.81. The predicted octanol–water partition coefficient (Wildman–Crippen LogP) is 1.77. The quantitative estimate of drug-likeness (QED) is 0.706. The third kappa shape index (κ3) is 3.72. The summed E-state index contributed by atoms with van der Waals surface area (Å²) in [4.78, 5) is 10.8. The Morgan fingerprint density at radius 3 is 2.25 bits per heavy atom. The highest BCUT2D eigenvalue weighted by Gasteiger charge is 2.30. The van der Waals surface area contributed by atoms with Crippen molar-refractivity contribution in [3.05, 3.63) is 0 Å². The Kier molecular flexibility index (Phi) is 4.24. The first kappa shape index (κ1) is 11.4. The summed E-state index contributed by atoms with van der Waals surface area (Å²) in [6, 6.07) is 0. The maximum absolute atomic E-state index is 10.8. The van der Waals surface area contributed by atoms with Crippen LogP contribution in [0.5, 0.6) is 0 Å². The lowest BCUT2D eigenvalue weighted by Crippen LogP contribution is -2.32. The summed E-state index contributed by atoms with van der Waals surface area (Å²) in [7, 11) is 0. The molecule has 12 heavy (non-hydrogen) atoms. The second kappa shape index (κ2) is 4.45. The van der Waals surface area contributed by atoms with Gasteiger partial charge >= 0.3 is 5.97 Å². The number of rotatable bonds is 4. The molecule has 0 aliphatic rings. The zero-order chi connectivity index (χ0) is 9.78. The van der Waals surface area contributed by atoms with Crippen LogP contribution in [0, 0.1) is 11.3 Å². The molecule has 0 aromatic rings. The highest BCUT2D eigenvalue weighted by molar-refractivity contribution is 5.71. The zero-order valence-electron chi connectivity index (χ0n) is 8.26.